The Hall–Kier alpha value is -2.66. The van der Waals surface area contributed by atoms with Gasteiger partial charge in [-0.3, -0.25) is 9.59 Å². The van der Waals surface area contributed by atoms with E-state index in [2.05, 4.69) is 0 Å². The molecule has 1 amide bonds. The molecule has 0 heterocycles. The van der Waals surface area contributed by atoms with E-state index < -0.39 is 5.82 Å². The van der Waals surface area contributed by atoms with Crippen LogP contribution in [0.4, 0.5) is 10.1 Å². The Morgan fingerprint density at radius 1 is 1.00 bits per heavy atom. The molecule has 0 radical (unpaired) electrons. The van der Waals surface area contributed by atoms with Crippen LogP contribution < -0.4 is 4.90 Å². The molecule has 3 aromatic rings. The number of carbonyl (C=O) groups excluding carboxylic acids is 2. The summed E-state index contributed by atoms with van der Waals surface area (Å²) in [6.07, 6.45) is 0. The lowest BCUT2D eigenvalue weighted by molar-refractivity contribution is -0.115. The van der Waals surface area contributed by atoms with Crippen molar-refractivity contribution in [2.45, 2.75) is 11.8 Å². The number of fused-ring (bicyclic) bond motifs is 1. The number of nitrogens with zero attached hydrogens (tertiary/aromatic N) is 1. The maximum Gasteiger partial charge on any atom is 0.237 e. The van der Waals surface area contributed by atoms with Gasteiger partial charge in [0, 0.05) is 23.2 Å². The first kappa shape index (κ1) is 18.1. The van der Waals surface area contributed by atoms with Gasteiger partial charge in [0.15, 0.2) is 5.78 Å². The van der Waals surface area contributed by atoms with Crippen LogP contribution in [-0.2, 0) is 4.79 Å². The summed E-state index contributed by atoms with van der Waals surface area (Å²) in [6.45, 7) is 1.39. The maximum absolute atomic E-state index is 14.1. The van der Waals surface area contributed by atoms with E-state index in [1.807, 2.05) is 42.5 Å². The second-order valence-corrected chi connectivity index (χ2v) is 6.99. The molecule has 5 heteroatoms. The molecule has 0 spiro atoms. The molecule has 0 aliphatic heterocycles. The Bertz CT molecular complexity index is 987. The van der Waals surface area contributed by atoms with Gasteiger partial charge in [0.1, 0.15) is 5.82 Å². The fourth-order valence-corrected chi connectivity index (χ4v) is 3.44. The van der Waals surface area contributed by atoms with Crippen molar-refractivity contribution in [2.24, 2.45) is 0 Å². The molecule has 0 saturated carbocycles. The average Bonchev–Trinajstić information content (AvgIpc) is 2.65. The van der Waals surface area contributed by atoms with Crippen LogP contribution in [0.1, 0.15) is 17.3 Å². The number of carbonyl (C=O) groups is 2. The van der Waals surface area contributed by atoms with E-state index >= 15 is 0 Å². The molecule has 26 heavy (non-hydrogen) atoms. The predicted octanol–water partition coefficient (Wildman–Crippen LogP) is 4.94. The van der Waals surface area contributed by atoms with Gasteiger partial charge in [-0.05, 0) is 42.0 Å². The summed E-state index contributed by atoms with van der Waals surface area (Å²) in [5, 5.41) is 2.17. The fourth-order valence-electron chi connectivity index (χ4n) is 2.60. The van der Waals surface area contributed by atoms with E-state index in [1.165, 1.54) is 13.0 Å². The molecule has 0 atom stereocenters. The normalized spacial score (nSPS) is 10.7. The van der Waals surface area contributed by atoms with Gasteiger partial charge in [0.05, 0.1) is 5.75 Å². The van der Waals surface area contributed by atoms with E-state index in [-0.39, 0.29) is 17.4 Å². The highest BCUT2D eigenvalue weighted by atomic mass is 32.2. The van der Waals surface area contributed by atoms with E-state index in [4.69, 9.17) is 0 Å². The lowest BCUT2D eigenvalue weighted by Crippen LogP contribution is -2.27. The lowest BCUT2D eigenvalue weighted by atomic mass is 10.1. The number of anilines is 1. The van der Waals surface area contributed by atoms with Gasteiger partial charge < -0.3 is 4.90 Å². The van der Waals surface area contributed by atoms with Crippen molar-refractivity contribution in [2.75, 3.05) is 17.7 Å². The Morgan fingerprint density at radius 2 is 1.73 bits per heavy atom. The van der Waals surface area contributed by atoms with Crippen LogP contribution >= 0.6 is 11.8 Å². The minimum Gasteiger partial charge on any atom is -0.315 e. The number of hydrogen-bond donors (Lipinski definition) is 0. The number of rotatable bonds is 5. The summed E-state index contributed by atoms with van der Waals surface area (Å²) in [5.41, 5.74) is 1.12. The summed E-state index contributed by atoms with van der Waals surface area (Å²) in [5.74, 6) is -0.684. The van der Waals surface area contributed by atoms with Gasteiger partial charge in [0.2, 0.25) is 5.91 Å². The SMILES string of the molecule is CC(=O)c1ccc(SCC(=O)N(C)c2ccc3ccccc3c2)c(F)c1. The molecule has 0 aliphatic carbocycles. The number of benzene rings is 3. The summed E-state index contributed by atoms with van der Waals surface area (Å²) < 4.78 is 14.1. The standard InChI is InChI=1S/C21H18FNO2S/c1-14(24)16-8-10-20(19(22)12-16)26-13-21(25)23(2)18-9-7-15-5-3-4-6-17(15)11-18/h3-12H,13H2,1-2H3. The minimum absolute atomic E-state index is 0.111. The molecule has 132 valence electrons. The third kappa shape index (κ3) is 3.94. The van der Waals surface area contributed by atoms with Crippen molar-refractivity contribution < 1.29 is 14.0 Å². The largest absolute Gasteiger partial charge is 0.315 e. The van der Waals surface area contributed by atoms with Crippen LogP contribution in [-0.4, -0.2) is 24.5 Å². The maximum atomic E-state index is 14.1. The Morgan fingerprint density at radius 3 is 2.42 bits per heavy atom. The Labute approximate surface area is 155 Å². The second-order valence-electron chi connectivity index (χ2n) is 5.97. The summed E-state index contributed by atoms with van der Waals surface area (Å²) in [6, 6.07) is 18.1. The number of halogens is 1. The molecule has 0 aromatic heterocycles. The topological polar surface area (TPSA) is 37.4 Å². The van der Waals surface area contributed by atoms with Crippen LogP contribution in [0.25, 0.3) is 10.8 Å². The highest BCUT2D eigenvalue weighted by Gasteiger charge is 2.14. The zero-order valence-electron chi connectivity index (χ0n) is 14.5. The molecule has 0 unspecified atom stereocenters. The zero-order chi connectivity index (χ0) is 18.7. The molecule has 3 nitrogen and oxygen atoms in total. The van der Waals surface area contributed by atoms with Crippen LogP contribution in [0, 0.1) is 5.82 Å². The summed E-state index contributed by atoms with van der Waals surface area (Å²) in [7, 11) is 1.71. The molecule has 0 N–H and O–H groups in total. The van der Waals surface area contributed by atoms with E-state index in [0.717, 1.165) is 28.2 Å². The predicted molar refractivity (Wildman–Crippen MR) is 104 cm³/mol. The summed E-state index contributed by atoms with van der Waals surface area (Å²) in [4.78, 5) is 25.7. The van der Waals surface area contributed by atoms with Crippen molar-refractivity contribution in [1.29, 1.82) is 0 Å². The van der Waals surface area contributed by atoms with Crippen molar-refractivity contribution in [1.82, 2.24) is 0 Å². The average molecular weight is 367 g/mol. The van der Waals surface area contributed by atoms with Gasteiger partial charge in [-0.1, -0.05) is 36.4 Å². The second kappa shape index (κ2) is 7.70. The third-order valence-electron chi connectivity index (χ3n) is 4.18. The highest BCUT2D eigenvalue weighted by Crippen LogP contribution is 2.25. The van der Waals surface area contributed by atoms with E-state index in [0.29, 0.717) is 10.5 Å². The van der Waals surface area contributed by atoms with Crippen molar-refractivity contribution in [3.05, 3.63) is 72.0 Å². The molecule has 0 fully saturated rings. The Balaban J connectivity index is 1.70. The van der Waals surface area contributed by atoms with Gasteiger partial charge in [-0.15, -0.1) is 11.8 Å². The summed E-state index contributed by atoms with van der Waals surface area (Å²) >= 11 is 1.12. The molecule has 0 aliphatic rings. The first-order chi connectivity index (χ1) is 12.5. The number of amides is 1. The molecule has 3 rings (SSSR count). The fraction of sp³-hybridized carbons (Fsp3) is 0.143. The first-order valence-electron chi connectivity index (χ1n) is 8.14. The quantitative estimate of drug-likeness (QED) is 0.474. The third-order valence-corrected chi connectivity index (χ3v) is 5.22. The minimum atomic E-state index is -0.483. The highest BCUT2D eigenvalue weighted by molar-refractivity contribution is 8.00. The monoisotopic (exact) mass is 367 g/mol. The zero-order valence-corrected chi connectivity index (χ0v) is 15.3. The molecule has 3 aromatic carbocycles. The molecular formula is C21H18FNO2S. The number of Topliss-reactive ketones (excluding diaryl/α,β-unsaturated/α-hetero) is 1. The van der Waals surface area contributed by atoms with E-state index in [9.17, 15) is 14.0 Å². The van der Waals surface area contributed by atoms with Crippen LogP contribution in [0.15, 0.2) is 65.6 Å². The first-order valence-corrected chi connectivity index (χ1v) is 9.13. The molecule has 0 bridgehead atoms. The van der Waals surface area contributed by atoms with Gasteiger partial charge in [-0.25, -0.2) is 4.39 Å². The lowest BCUT2D eigenvalue weighted by Gasteiger charge is -2.18. The van der Waals surface area contributed by atoms with Crippen molar-refractivity contribution in [3.63, 3.8) is 0 Å². The Kier molecular flexibility index (Phi) is 5.38. The van der Waals surface area contributed by atoms with Gasteiger partial charge in [-0.2, -0.15) is 0 Å². The van der Waals surface area contributed by atoms with Gasteiger partial charge >= 0.3 is 0 Å². The van der Waals surface area contributed by atoms with Crippen LogP contribution in [0.2, 0.25) is 0 Å². The van der Waals surface area contributed by atoms with Crippen molar-refractivity contribution >= 4 is 39.9 Å². The van der Waals surface area contributed by atoms with Crippen molar-refractivity contribution in [3.8, 4) is 0 Å². The number of hydrogen-bond acceptors (Lipinski definition) is 3. The van der Waals surface area contributed by atoms with Crippen LogP contribution in [0.5, 0.6) is 0 Å². The van der Waals surface area contributed by atoms with Gasteiger partial charge in [0.25, 0.3) is 0 Å². The number of thioether (sulfide) groups is 1. The van der Waals surface area contributed by atoms with E-state index in [1.54, 1.807) is 24.1 Å². The molecular weight excluding hydrogens is 349 g/mol. The number of ketones is 1. The smallest absolute Gasteiger partial charge is 0.237 e. The molecule has 0 saturated heterocycles. The van der Waals surface area contributed by atoms with Crippen LogP contribution in [0.3, 0.4) is 0 Å².